The lowest BCUT2D eigenvalue weighted by atomic mass is 10.2. The molecule has 0 aliphatic heterocycles. The zero-order valence-corrected chi connectivity index (χ0v) is 8.25. The Labute approximate surface area is 84.0 Å². The van der Waals surface area contributed by atoms with Gasteiger partial charge in [-0.05, 0) is 18.2 Å². The summed E-state index contributed by atoms with van der Waals surface area (Å²) in [6.07, 6.45) is 0. The van der Waals surface area contributed by atoms with Crippen molar-refractivity contribution in [2.24, 2.45) is 0 Å². The van der Waals surface area contributed by atoms with Gasteiger partial charge in [-0.3, -0.25) is 0 Å². The van der Waals surface area contributed by atoms with Crippen LogP contribution >= 0.6 is 10.7 Å². The Kier molecular flexibility index (Phi) is 2.68. The van der Waals surface area contributed by atoms with Crippen molar-refractivity contribution in [3.8, 4) is 5.75 Å². The molecular formula is C7H6ClO5S+. The first kappa shape index (κ1) is 10.8. The van der Waals surface area contributed by atoms with Crippen LogP contribution in [-0.2, 0) is 9.05 Å². The number of hydrogen-bond donors (Lipinski definition) is 2. The third-order valence-electron chi connectivity index (χ3n) is 1.49. The first-order valence-electron chi connectivity index (χ1n) is 3.35. The van der Waals surface area contributed by atoms with Crippen molar-refractivity contribution >= 4 is 25.7 Å². The molecule has 76 valence electrons. The van der Waals surface area contributed by atoms with Gasteiger partial charge < -0.3 is 15.0 Å². The van der Waals surface area contributed by atoms with E-state index in [0.29, 0.717) is 0 Å². The van der Waals surface area contributed by atoms with E-state index in [1.54, 1.807) is 0 Å². The molecule has 1 aromatic rings. The van der Waals surface area contributed by atoms with Gasteiger partial charge in [0, 0.05) is 10.7 Å². The minimum absolute atomic E-state index is 0.326. The molecule has 0 amide bonds. The van der Waals surface area contributed by atoms with Crippen LogP contribution in [0.4, 0.5) is 0 Å². The average molecular weight is 238 g/mol. The van der Waals surface area contributed by atoms with E-state index in [1.807, 2.05) is 0 Å². The molecular weight excluding hydrogens is 232 g/mol. The van der Waals surface area contributed by atoms with Gasteiger partial charge in [-0.15, -0.1) is 0 Å². The maximum absolute atomic E-state index is 10.8. The number of phenols is 1. The number of benzene rings is 1. The second kappa shape index (κ2) is 3.47. The maximum atomic E-state index is 10.8. The maximum Gasteiger partial charge on any atom is 0.519 e. The molecule has 0 aliphatic rings. The molecule has 0 unspecified atom stereocenters. The van der Waals surface area contributed by atoms with Crippen molar-refractivity contribution < 1.29 is 23.4 Å². The summed E-state index contributed by atoms with van der Waals surface area (Å²) in [5.41, 5.74) is -0.397. The smallest absolute Gasteiger partial charge is 0.507 e. The van der Waals surface area contributed by atoms with Crippen LogP contribution in [0.3, 0.4) is 0 Å². The highest BCUT2D eigenvalue weighted by Crippen LogP contribution is 2.23. The molecule has 0 fully saturated rings. The first-order valence-corrected chi connectivity index (χ1v) is 5.66. The van der Waals surface area contributed by atoms with E-state index in [9.17, 15) is 8.42 Å². The van der Waals surface area contributed by atoms with Crippen molar-refractivity contribution in [2.75, 3.05) is 0 Å². The van der Waals surface area contributed by atoms with Crippen LogP contribution in [0, 0.1) is 0 Å². The number of aliphatic hydroxyl groups excluding tert-OH is 1. The van der Waals surface area contributed by atoms with Crippen LogP contribution in [0.25, 0.3) is 0 Å². The van der Waals surface area contributed by atoms with Crippen LogP contribution in [-0.4, -0.2) is 29.4 Å². The molecule has 0 radical (unpaired) electrons. The van der Waals surface area contributed by atoms with Gasteiger partial charge in [-0.2, -0.15) is 0 Å². The summed E-state index contributed by atoms with van der Waals surface area (Å²) in [6.45, 7) is 0. The van der Waals surface area contributed by atoms with E-state index in [0.717, 1.165) is 18.2 Å². The van der Waals surface area contributed by atoms with Crippen LogP contribution < -0.4 is 0 Å². The molecule has 0 aromatic heterocycles. The zero-order valence-electron chi connectivity index (χ0n) is 6.68. The highest BCUT2D eigenvalue weighted by atomic mass is 35.7. The van der Waals surface area contributed by atoms with Crippen molar-refractivity contribution in [2.45, 2.75) is 4.90 Å². The Morgan fingerprint density at radius 1 is 1.43 bits per heavy atom. The number of halogens is 1. The van der Waals surface area contributed by atoms with Gasteiger partial charge in [0.2, 0.25) is 0 Å². The van der Waals surface area contributed by atoms with Crippen LogP contribution in [0.1, 0.15) is 5.56 Å². The molecule has 3 N–H and O–H groups in total. The lowest BCUT2D eigenvalue weighted by Crippen LogP contribution is -2.01. The lowest BCUT2D eigenvalue weighted by molar-refractivity contribution is 0.443. The Hall–Kier alpha value is -1.27. The molecule has 0 aliphatic carbocycles. The molecule has 0 atom stereocenters. The summed E-state index contributed by atoms with van der Waals surface area (Å²) in [6, 6.07) is 2.90. The third kappa shape index (κ3) is 2.15. The van der Waals surface area contributed by atoms with Gasteiger partial charge in [-0.1, -0.05) is 0 Å². The second-order valence-electron chi connectivity index (χ2n) is 2.44. The molecule has 7 heteroatoms. The van der Waals surface area contributed by atoms with E-state index >= 15 is 0 Å². The fourth-order valence-electron chi connectivity index (χ4n) is 0.846. The molecule has 0 bridgehead atoms. The van der Waals surface area contributed by atoms with Crippen molar-refractivity contribution in [3.05, 3.63) is 23.8 Å². The van der Waals surface area contributed by atoms with Crippen LogP contribution in [0.15, 0.2) is 23.1 Å². The molecule has 1 aromatic carbocycles. The molecule has 14 heavy (non-hydrogen) atoms. The fourth-order valence-corrected chi connectivity index (χ4v) is 1.62. The minimum Gasteiger partial charge on any atom is -0.507 e. The van der Waals surface area contributed by atoms with Crippen molar-refractivity contribution in [1.29, 1.82) is 0 Å². The number of hydrogen-bond acceptors (Lipinski definition) is 3. The van der Waals surface area contributed by atoms with Crippen molar-refractivity contribution in [3.63, 3.8) is 0 Å². The van der Waals surface area contributed by atoms with Gasteiger partial charge in [0.1, 0.15) is 5.75 Å². The standard InChI is InChI=1S/C7H5ClO5S/c8-14(12,13)4-1-2-6(9)5(3-4)7(10)11/h1-3,9H,(H,10,11)/p+1. The number of aromatic hydroxyl groups is 1. The second-order valence-corrected chi connectivity index (χ2v) is 5.01. The highest BCUT2D eigenvalue weighted by molar-refractivity contribution is 8.13. The molecule has 0 spiro atoms. The quantitative estimate of drug-likeness (QED) is 0.585. The number of aromatic carboxylic acids is 1. The normalized spacial score (nSPS) is 11.2. The van der Waals surface area contributed by atoms with E-state index < -0.39 is 26.3 Å². The highest BCUT2D eigenvalue weighted by Gasteiger charge is 2.20. The van der Waals surface area contributed by atoms with Crippen LogP contribution in [0.5, 0.6) is 5.75 Å². The monoisotopic (exact) mass is 237 g/mol. The predicted octanol–water partition coefficient (Wildman–Crippen LogP) is 0.728. The summed E-state index contributed by atoms with van der Waals surface area (Å²) in [7, 11) is 1.06. The Bertz CT molecular complexity index is 479. The molecule has 0 saturated heterocycles. The molecule has 0 heterocycles. The lowest BCUT2D eigenvalue weighted by Gasteiger charge is -1.98. The van der Waals surface area contributed by atoms with Gasteiger partial charge in [0.15, 0.2) is 5.56 Å². The Morgan fingerprint density at radius 2 is 2.00 bits per heavy atom. The summed E-state index contributed by atoms with van der Waals surface area (Å²) >= 11 is 0. The number of carboxylic acid groups (broad SMARTS) is 1. The number of rotatable bonds is 2. The third-order valence-corrected chi connectivity index (χ3v) is 2.84. The summed E-state index contributed by atoms with van der Waals surface area (Å²) in [4.78, 5) is 8.34. The molecule has 5 nitrogen and oxygen atoms in total. The molecule has 0 saturated carbocycles. The van der Waals surface area contributed by atoms with Gasteiger partial charge in [0.25, 0.3) is 9.05 Å². The largest absolute Gasteiger partial charge is 0.519 e. The SMILES string of the molecule is O=S(=O)(Cl)c1ccc(O)c(C(O)=[OH+])c1. The van der Waals surface area contributed by atoms with Gasteiger partial charge in [-0.25, -0.2) is 8.42 Å². The fraction of sp³-hybridized carbons (Fsp3) is 0. The minimum atomic E-state index is -3.95. The van der Waals surface area contributed by atoms with E-state index in [2.05, 4.69) is 0 Å². The zero-order chi connectivity index (χ0) is 10.9. The van der Waals surface area contributed by atoms with Gasteiger partial charge in [0.05, 0.1) is 4.90 Å². The Balaban J connectivity index is 3.42. The van der Waals surface area contributed by atoms with E-state index in [4.69, 9.17) is 25.7 Å². The van der Waals surface area contributed by atoms with Crippen LogP contribution in [0.2, 0.25) is 0 Å². The Morgan fingerprint density at radius 3 is 2.43 bits per heavy atom. The average Bonchev–Trinajstić information content (AvgIpc) is 2.02. The predicted molar refractivity (Wildman–Crippen MR) is 49.8 cm³/mol. The topological polar surface area (TPSA) is 96.0 Å². The first-order chi connectivity index (χ1) is 6.32. The summed E-state index contributed by atoms with van der Waals surface area (Å²) in [5, 5.41) is 17.8. The van der Waals surface area contributed by atoms with Gasteiger partial charge >= 0.3 is 5.97 Å². The van der Waals surface area contributed by atoms with E-state index in [-0.39, 0.29) is 4.90 Å². The number of carboxylic acids is 1. The molecule has 1 rings (SSSR count). The summed E-state index contributed by atoms with van der Waals surface area (Å²) in [5.74, 6) is -1.63. The van der Waals surface area contributed by atoms with Crippen molar-refractivity contribution in [1.82, 2.24) is 0 Å². The van der Waals surface area contributed by atoms with E-state index in [1.165, 1.54) is 0 Å². The summed E-state index contributed by atoms with van der Waals surface area (Å²) < 4.78 is 21.7.